The van der Waals surface area contributed by atoms with Gasteiger partial charge in [0.15, 0.2) is 0 Å². The molecule has 63 heavy (non-hydrogen) atoms. The van der Waals surface area contributed by atoms with Crippen molar-refractivity contribution < 1.29 is 19.8 Å². The van der Waals surface area contributed by atoms with Gasteiger partial charge in [-0.25, -0.2) is 0 Å². The van der Waals surface area contributed by atoms with Crippen LogP contribution in [0.15, 0.2) is 0 Å². The number of carboxylic acids is 2. The van der Waals surface area contributed by atoms with Crippen LogP contribution in [0.25, 0.3) is 0 Å². The van der Waals surface area contributed by atoms with Crippen molar-refractivity contribution in [3.63, 3.8) is 0 Å². The first kappa shape index (κ1) is 68.3. The summed E-state index contributed by atoms with van der Waals surface area (Å²) in [6.07, 6.45) is 48.6. The van der Waals surface area contributed by atoms with E-state index in [1.165, 1.54) is 218 Å². The van der Waals surface area contributed by atoms with Crippen LogP contribution >= 0.6 is 47.8 Å². The summed E-state index contributed by atoms with van der Waals surface area (Å²) in [5.74, 6) is 2.12. The van der Waals surface area contributed by atoms with Crippen LogP contribution in [0.1, 0.15) is 273 Å². The number of aliphatic carboxylic acids is 2. The third-order valence-corrected chi connectivity index (χ3v) is 19.7. The maximum absolute atomic E-state index is 10.8. The molecule has 0 unspecified atom stereocenters. The number of carboxylic acid groups (broad SMARTS) is 2. The Balaban J connectivity index is -0.000000869. The number of nitrogens with zero attached hydrogens (tertiary/aromatic N) is 2. The minimum absolute atomic E-state index is 0.0288. The molecule has 0 aliphatic heterocycles. The van der Waals surface area contributed by atoms with E-state index in [1.807, 2.05) is 7.42 Å². The fourth-order valence-electron chi connectivity index (χ4n) is 6.85. The summed E-state index contributed by atoms with van der Waals surface area (Å²) in [7, 11) is 0. The Labute approximate surface area is 422 Å². The molecule has 0 aromatic heterocycles. The van der Waals surface area contributed by atoms with Gasteiger partial charge in [0.25, 0.3) is 0 Å². The Morgan fingerprint density at radius 3 is 0.714 bits per heavy atom. The van der Waals surface area contributed by atoms with Crippen LogP contribution in [-0.2, 0) is 9.59 Å². The zero-order valence-corrected chi connectivity index (χ0v) is 48.9. The molecule has 0 saturated carbocycles. The molecule has 0 spiro atoms. The molecule has 0 rings (SSSR count). The van der Waals surface area contributed by atoms with Crippen LogP contribution in [0, 0.1) is 0 Å². The van der Waals surface area contributed by atoms with E-state index < -0.39 is 11.9 Å². The fraction of sp³-hybridized carbons (Fsp3) is 0.962. The van der Waals surface area contributed by atoms with Crippen molar-refractivity contribution in [3.05, 3.63) is 0 Å². The van der Waals surface area contributed by atoms with Crippen molar-refractivity contribution in [1.82, 2.24) is 7.42 Å². The summed E-state index contributed by atoms with van der Waals surface area (Å²) in [5.41, 5.74) is 0. The molecule has 0 aromatic rings. The minimum atomic E-state index is -0.976. The number of hydrogen-bond acceptors (Lipinski definition) is 10. The van der Waals surface area contributed by atoms with Crippen molar-refractivity contribution in [2.45, 2.75) is 282 Å². The molecular formula is C52H106N2O4S4Sn. The average Bonchev–Trinajstić information content (AvgIpc) is 3.26. The van der Waals surface area contributed by atoms with Gasteiger partial charge in [0.2, 0.25) is 0 Å². The van der Waals surface area contributed by atoms with E-state index in [0.29, 0.717) is 0 Å². The van der Waals surface area contributed by atoms with Crippen LogP contribution in [-0.4, -0.2) is 76.6 Å². The normalized spacial score (nSPS) is 11.0. The number of rotatable bonds is 50. The van der Waals surface area contributed by atoms with Gasteiger partial charge in [-0.2, -0.15) is 7.42 Å². The third kappa shape index (κ3) is 67.4. The van der Waals surface area contributed by atoms with Crippen molar-refractivity contribution in [2.24, 2.45) is 0 Å². The van der Waals surface area contributed by atoms with E-state index in [2.05, 4.69) is 41.5 Å². The number of carbonyl (C=O) groups excluding carboxylic acids is 2. The predicted molar refractivity (Wildman–Crippen MR) is 289 cm³/mol. The molecule has 0 N–H and O–H groups in total. The molecule has 0 aromatic carbocycles. The summed E-state index contributed by atoms with van der Waals surface area (Å²) in [5, 5.41) is 21.7. The molecule has 6 nitrogen and oxygen atoms in total. The molecule has 0 bridgehead atoms. The molecule has 376 valence electrons. The zero-order valence-electron chi connectivity index (χ0n) is 42.8. The van der Waals surface area contributed by atoms with Crippen LogP contribution in [0.2, 0.25) is 8.87 Å². The second-order valence-corrected chi connectivity index (χ2v) is 26.6. The predicted octanol–water partition coefficient (Wildman–Crippen LogP) is 16.4. The van der Waals surface area contributed by atoms with Gasteiger partial charge in [0.1, 0.15) is 0 Å². The Morgan fingerprint density at radius 1 is 0.317 bits per heavy atom. The SMILES string of the molecule is CCCCCCCCSN(CC(=O)[O-])SCCCCCCCC.CCCCCCCCSN(CC(=O)[O-])SCCCCCCCC.CCCCCCC[CH2][Sn+2][CH2]CCCCCCC. The Kier molecular flexibility index (Phi) is 68.4. The first-order chi connectivity index (χ1) is 30.8. The van der Waals surface area contributed by atoms with Crippen LogP contribution < -0.4 is 10.2 Å². The number of carbonyl (C=O) groups is 2. The van der Waals surface area contributed by atoms with E-state index in [0.717, 1.165) is 23.0 Å². The molecule has 0 heterocycles. The second-order valence-electron chi connectivity index (χ2n) is 17.4. The summed E-state index contributed by atoms with van der Waals surface area (Å²) >= 11 is 6.72. The zero-order chi connectivity index (χ0) is 47.0. The standard InChI is InChI=1S/2C18H37NO2S2.2C8H17.Sn/c2*1-3-5-7-9-11-13-15-22-19(17-18(20)21)23-16-14-12-10-8-6-4-2;2*1-3-5-7-8-6-4-2;/h2*3-17H2,1-2H3,(H,20,21);2*1,3-8H2,2H3;/q;;;;+2/p-2. The Bertz CT molecular complexity index is 765. The summed E-state index contributed by atoms with van der Waals surface area (Å²) in [6, 6.07) is 0. The average molecular weight is 1070 g/mol. The van der Waals surface area contributed by atoms with Crippen molar-refractivity contribution in [3.8, 4) is 0 Å². The van der Waals surface area contributed by atoms with E-state index in [4.69, 9.17) is 0 Å². The summed E-state index contributed by atoms with van der Waals surface area (Å²) in [4.78, 5) is 21.7. The van der Waals surface area contributed by atoms with Crippen molar-refractivity contribution in [2.75, 3.05) is 36.1 Å². The topological polar surface area (TPSA) is 86.7 Å². The Hall–Kier alpha value is 1.06. The second kappa shape index (κ2) is 63.1. The maximum atomic E-state index is 10.8. The first-order valence-electron chi connectivity index (χ1n) is 27.0. The van der Waals surface area contributed by atoms with Gasteiger partial charge in [-0.1, -0.05) is 204 Å². The number of unbranched alkanes of at least 4 members (excludes halogenated alkanes) is 30. The fourth-order valence-corrected chi connectivity index (χ4v) is 14.8. The van der Waals surface area contributed by atoms with Crippen molar-refractivity contribution >= 4 is 80.9 Å². The molecule has 0 saturated heterocycles. The summed E-state index contributed by atoms with van der Waals surface area (Å²) in [6.45, 7) is 13.6. The molecule has 11 heteroatoms. The number of hydrogen-bond donors (Lipinski definition) is 0. The Morgan fingerprint density at radius 2 is 0.508 bits per heavy atom. The van der Waals surface area contributed by atoms with Crippen LogP contribution in [0.5, 0.6) is 0 Å². The molecule has 0 fully saturated rings. The molecule has 0 aliphatic rings. The monoisotopic (exact) mass is 1070 g/mol. The van der Waals surface area contributed by atoms with Gasteiger partial charge in [-0.05, 0) is 25.7 Å². The molecule has 0 radical (unpaired) electrons. The van der Waals surface area contributed by atoms with Gasteiger partial charge in [-0.3, -0.25) is 0 Å². The molecular weight excluding hydrogens is 964 g/mol. The van der Waals surface area contributed by atoms with Gasteiger partial charge >= 0.3 is 121 Å². The molecule has 0 amide bonds. The van der Waals surface area contributed by atoms with E-state index in [-0.39, 0.29) is 34.2 Å². The van der Waals surface area contributed by atoms with E-state index in [9.17, 15) is 19.8 Å². The molecule has 0 aliphatic carbocycles. The van der Waals surface area contributed by atoms with Gasteiger partial charge < -0.3 is 19.8 Å². The summed E-state index contributed by atoms with van der Waals surface area (Å²) < 4.78 is 7.13. The van der Waals surface area contributed by atoms with Gasteiger partial charge in [0.05, 0.1) is 25.0 Å². The van der Waals surface area contributed by atoms with Crippen LogP contribution in [0.4, 0.5) is 0 Å². The van der Waals surface area contributed by atoms with Gasteiger partial charge in [-0.15, -0.1) is 0 Å². The third-order valence-electron chi connectivity index (χ3n) is 10.9. The first-order valence-corrected chi connectivity index (χ1v) is 34.8. The van der Waals surface area contributed by atoms with E-state index in [1.54, 1.807) is 69.5 Å². The quantitative estimate of drug-likeness (QED) is 0.0333. The van der Waals surface area contributed by atoms with Crippen molar-refractivity contribution in [1.29, 1.82) is 0 Å². The van der Waals surface area contributed by atoms with Gasteiger partial charge in [0, 0.05) is 23.0 Å². The molecule has 0 atom stereocenters. The van der Waals surface area contributed by atoms with E-state index >= 15 is 0 Å². The van der Waals surface area contributed by atoms with Crippen LogP contribution in [0.3, 0.4) is 0 Å².